The maximum absolute atomic E-state index is 12.8. The lowest BCUT2D eigenvalue weighted by molar-refractivity contribution is -0.138. The molecular weight excluding hydrogens is 318 g/mol. The number of thioether (sulfide) groups is 1. The van der Waals surface area contributed by atoms with Gasteiger partial charge in [0, 0.05) is 16.7 Å². The van der Waals surface area contributed by atoms with Crippen LogP contribution in [0.15, 0.2) is 22.4 Å². The zero-order valence-electron chi connectivity index (χ0n) is 12.7. The summed E-state index contributed by atoms with van der Waals surface area (Å²) in [5.74, 6) is -0.339. The molecule has 0 aliphatic carbocycles. The molecule has 1 unspecified atom stereocenters. The first kappa shape index (κ1) is 15.8. The van der Waals surface area contributed by atoms with Crippen LogP contribution in [-0.2, 0) is 14.3 Å². The summed E-state index contributed by atoms with van der Waals surface area (Å²) in [4.78, 5) is 28.3. The van der Waals surface area contributed by atoms with Gasteiger partial charge < -0.3 is 4.74 Å². The van der Waals surface area contributed by atoms with E-state index >= 15 is 0 Å². The van der Waals surface area contributed by atoms with Crippen molar-refractivity contribution in [1.82, 2.24) is 4.90 Å². The Hall–Kier alpha value is -1.11. The summed E-state index contributed by atoms with van der Waals surface area (Å²) in [5.41, 5.74) is 0.566. The van der Waals surface area contributed by atoms with Crippen LogP contribution in [-0.4, -0.2) is 41.2 Å². The minimum Gasteiger partial charge on any atom is -0.376 e. The predicted octanol–water partition coefficient (Wildman–Crippen LogP) is 3.15. The van der Waals surface area contributed by atoms with E-state index in [9.17, 15) is 9.59 Å². The van der Waals surface area contributed by atoms with Crippen molar-refractivity contribution >= 4 is 40.5 Å². The summed E-state index contributed by atoms with van der Waals surface area (Å²) < 4.78 is 5.58. The third kappa shape index (κ3) is 3.00. The molecule has 0 radical (unpaired) electrons. The summed E-state index contributed by atoms with van der Waals surface area (Å²) in [6.07, 6.45) is 1.90. The van der Waals surface area contributed by atoms with E-state index in [2.05, 4.69) is 0 Å². The number of amides is 2. The number of carbonyl (C=O) groups excluding carboxylic acids is 2. The first-order chi connectivity index (χ1) is 10.6. The van der Waals surface area contributed by atoms with Crippen molar-refractivity contribution in [3.63, 3.8) is 0 Å². The van der Waals surface area contributed by atoms with Gasteiger partial charge in [-0.15, -0.1) is 23.1 Å². The van der Waals surface area contributed by atoms with Crippen LogP contribution in [0.25, 0.3) is 5.57 Å². The van der Waals surface area contributed by atoms with Gasteiger partial charge in [-0.1, -0.05) is 19.9 Å². The van der Waals surface area contributed by atoms with Gasteiger partial charge in [0.25, 0.3) is 11.8 Å². The highest BCUT2D eigenvalue weighted by Gasteiger charge is 2.41. The maximum Gasteiger partial charge on any atom is 0.268 e. The van der Waals surface area contributed by atoms with Crippen LogP contribution in [0.5, 0.6) is 0 Å². The Kier molecular flexibility index (Phi) is 4.70. The molecule has 1 atom stereocenters. The molecule has 0 spiro atoms. The van der Waals surface area contributed by atoms with Crippen LogP contribution in [0.4, 0.5) is 0 Å². The van der Waals surface area contributed by atoms with Gasteiger partial charge >= 0.3 is 0 Å². The molecule has 0 aromatic carbocycles. The fourth-order valence-electron chi connectivity index (χ4n) is 2.69. The number of hydrogen-bond donors (Lipinski definition) is 0. The van der Waals surface area contributed by atoms with E-state index in [0.29, 0.717) is 17.0 Å². The first-order valence-corrected chi connectivity index (χ1v) is 9.26. The lowest BCUT2D eigenvalue weighted by Gasteiger charge is -2.19. The van der Waals surface area contributed by atoms with E-state index < -0.39 is 0 Å². The minimum absolute atomic E-state index is 0.0131. The van der Waals surface area contributed by atoms with E-state index in [4.69, 9.17) is 4.74 Å². The lowest BCUT2D eigenvalue weighted by atomic mass is 10.2. The highest BCUT2D eigenvalue weighted by atomic mass is 32.2. The second-order valence-electron chi connectivity index (χ2n) is 5.70. The van der Waals surface area contributed by atoms with Crippen molar-refractivity contribution in [2.24, 2.45) is 0 Å². The molecule has 6 heteroatoms. The van der Waals surface area contributed by atoms with E-state index in [1.165, 1.54) is 28.0 Å². The molecule has 3 heterocycles. The van der Waals surface area contributed by atoms with Gasteiger partial charge in [0.1, 0.15) is 0 Å². The average Bonchev–Trinajstić information content (AvgIpc) is 3.18. The normalized spacial score (nSPS) is 22.5. The second-order valence-corrected chi connectivity index (χ2v) is 8.24. The third-order valence-electron chi connectivity index (χ3n) is 3.66. The molecule has 2 aliphatic heterocycles. The number of rotatable bonds is 5. The number of carbonyl (C=O) groups is 2. The van der Waals surface area contributed by atoms with Crippen LogP contribution < -0.4 is 0 Å². The molecule has 22 heavy (non-hydrogen) atoms. The van der Waals surface area contributed by atoms with Crippen LogP contribution in [0.1, 0.15) is 31.6 Å². The molecule has 1 aromatic heterocycles. The third-order valence-corrected chi connectivity index (χ3v) is 5.63. The first-order valence-electron chi connectivity index (χ1n) is 7.50. The fourth-order valence-corrected chi connectivity index (χ4v) is 4.52. The van der Waals surface area contributed by atoms with Gasteiger partial charge in [-0.3, -0.25) is 14.5 Å². The molecule has 4 nitrogen and oxygen atoms in total. The fraction of sp³-hybridized carbons (Fsp3) is 0.500. The minimum atomic E-state index is -0.175. The second kappa shape index (κ2) is 6.56. The average molecular weight is 337 g/mol. The van der Waals surface area contributed by atoms with E-state index in [0.717, 1.165) is 24.3 Å². The van der Waals surface area contributed by atoms with Gasteiger partial charge in [-0.2, -0.15) is 0 Å². The van der Waals surface area contributed by atoms with Crippen LogP contribution in [0.2, 0.25) is 0 Å². The SMILES string of the molecule is CC(C)SC1=C(c2cccs2)C(=O)N(CC2CCCO2)C1=O. The smallest absolute Gasteiger partial charge is 0.268 e. The quantitative estimate of drug-likeness (QED) is 0.775. The van der Waals surface area contributed by atoms with Crippen molar-refractivity contribution in [3.05, 3.63) is 27.3 Å². The molecule has 1 fully saturated rings. The molecule has 1 aromatic rings. The summed E-state index contributed by atoms with van der Waals surface area (Å²) in [6, 6.07) is 3.81. The summed E-state index contributed by atoms with van der Waals surface area (Å²) in [6.45, 7) is 5.16. The predicted molar refractivity (Wildman–Crippen MR) is 89.7 cm³/mol. The molecule has 0 saturated carbocycles. The largest absolute Gasteiger partial charge is 0.376 e. The Labute approximate surface area is 138 Å². The van der Waals surface area contributed by atoms with Gasteiger partial charge in [-0.25, -0.2) is 0 Å². The van der Waals surface area contributed by atoms with Gasteiger partial charge in [-0.05, 0) is 24.3 Å². The molecule has 118 valence electrons. The number of hydrogen-bond acceptors (Lipinski definition) is 5. The Morgan fingerprint density at radius 2 is 2.23 bits per heavy atom. The van der Waals surface area contributed by atoms with Crippen molar-refractivity contribution in [2.75, 3.05) is 13.2 Å². The molecule has 2 amide bonds. The highest BCUT2D eigenvalue weighted by Crippen LogP contribution is 2.39. The van der Waals surface area contributed by atoms with Crippen molar-refractivity contribution in [3.8, 4) is 0 Å². The standard InChI is InChI=1S/C16H19NO3S2/c1-10(2)22-14-13(12-6-4-8-21-12)15(18)17(16(14)19)9-11-5-3-7-20-11/h4,6,8,10-11H,3,5,7,9H2,1-2H3. The molecule has 3 rings (SSSR count). The zero-order valence-corrected chi connectivity index (χ0v) is 14.3. The van der Waals surface area contributed by atoms with Gasteiger partial charge in [0.15, 0.2) is 0 Å². The van der Waals surface area contributed by atoms with Gasteiger partial charge in [0.2, 0.25) is 0 Å². The van der Waals surface area contributed by atoms with Crippen LogP contribution in [0.3, 0.4) is 0 Å². The maximum atomic E-state index is 12.8. The summed E-state index contributed by atoms with van der Waals surface area (Å²) in [5, 5.41) is 2.19. The number of ether oxygens (including phenoxy) is 1. The lowest BCUT2D eigenvalue weighted by Crippen LogP contribution is -2.37. The monoisotopic (exact) mass is 337 g/mol. The molecule has 0 bridgehead atoms. The van der Waals surface area contributed by atoms with Crippen molar-refractivity contribution in [1.29, 1.82) is 0 Å². The Morgan fingerprint density at radius 1 is 1.41 bits per heavy atom. The van der Waals surface area contributed by atoms with Crippen LogP contribution in [0, 0.1) is 0 Å². The van der Waals surface area contributed by atoms with Gasteiger partial charge in [0.05, 0.1) is 23.1 Å². The van der Waals surface area contributed by atoms with E-state index in [1.807, 2.05) is 31.4 Å². The molecule has 0 N–H and O–H groups in total. The number of thiophene rings is 1. The highest BCUT2D eigenvalue weighted by molar-refractivity contribution is 8.04. The van der Waals surface area contributed by atoms with Crippen LogP contribution >= 0.6 is 23.1 Å². The Balaban J connectivity index is 1.89. The number of imide groups is 1. The summed E-state index contributed by atoms with van der Waals surface area (Å²) >= 11 is 2.97. The topological polar surface area (TPSA) is 46.6 Å². The van der Waals surface area contributed by atoms with E-state index in [-0.39, 0.29) is 23.2 Å². The molecular formula is C16H19NO3S2. The Bertz CT molecular complexity index is 601. The summed E-state index contributed by atoms with van der Waals surface area (Å²) in [7, 11) is 0. The molecule has 1 saturated heterocycles. The molecule has 2 aliphatic rings. The number of nitrogens with zero attached hydrogens (tertiary/aromatic N) is 1. The van der Waals surface area contributed by atoms with Crippen molar-refractivity contribution in [2.45, 2.75) is 38.0 Å². The Morgan fingerprint density at radius 3 is 2.82 bits per heavy atom. The zero-order chi connectivity index (χ0) is 15.7. The van der Waals surface area contributed by atoms with Crippen molar-refractivity contribution < 1.29 is 14.3 Å². The van der Waals surface area contributed by atoms with E-state index in [1.54, 1.807) is 0 Å².